The third-order valence-corrected chi connectivity index (χ3v) is 8.64. The number of carbonyl (C=O) groups is 3. The molecule has 0 saturated heterocycles. The van der Waals surface area contributed by atoms with Gasteiger partial charge in [-0.3, -0.25) is 19.4 Å². The van der Waals surface area contributed by atoms with Crippen molar-refractivity contribution in [3.8, 4) is 0 Å². The number of rotatable bonds is 19. The Morgan fingerprint density at radius 2 is 1.65 bits per heavy atom. The Hall–Kier alpha value is -3.21. The second-order valence-corrected chi connectivity index (χ2v) is 12.4. The van der Waals surface area contributed by atoms with E-state index >= 15 is 0 Å². The molecule has 10 heteroatoms. The van der Waals surface area contributed by atoms with Crippen molar-refractivity contribution in [3.05, 3.63) is 78.1 Å². The maximum absolute atomic E-state index is 13.7. The summed E-state index contributed by atoms with van der Waals surface area (Å²) in [6.45, 7) is 12.3. The van der Waals surface area contributed by atoms with Crippen LogP contribution in [-0.2, 0) is 16.1 Å². The molecule has 0 aliphatic carbocycles. The lowest BCUT2D eigenvalue weighted by atomic mass is 9.90. The topological polar surface area (TPSA) is 141 Å². The van der Waals surface area contributed by atoms with Gasteiger partial charge >= 0.3 is 0 Å². The quantitative estimate of drug-likeness (QED) is 0.151. The fraction of sp³-hybridized carbons (Fsp3) is 0.515. The van der Waals surface area contributed by atoms with Crippen LogP contribution >= 0.6 is 11.8 Å². The van der Waals surface area contributed by atoms with E-state index < -0.39 is 42.0 Å². The second kappa shape index (κ2) is 19.1. The molecule has 0 bridgehead atoms. The zero-order valence-corrected chi connectivity index (χ0v) is 26.6. The first-order valence-electron chi connectivity index (χ1n) is 15.1. The number of aliphatic hydroxyl groups is 2. The van der Waals surface area contributed by atoms with E-state index in [1.165, 1.54) is 6.20 Å². The minimum atomic E-state index is -1.50. The smallest absolute Gasteiger partial charge is 0.253 e. The van der Waals surface area contributed by atoms with Crippen LogP contribution in [0, 0.1) is 5.92 Å². The lowest BCUT2D eigenvalue weighted by Gasteiger charge is -2.32. The highest BCUT2D eigenvalue weighted by Crippen LogP contribution is 2.23. The van der Waals surface area contributed by atoms with Gasteiger partial charge in [-0.15, -0.1) is 0 Å². The zero-order valence-electron chi connectivity index (χ0n) is 25.8. The van der Waals surface area contributed by atoms with Crippen LogP contribution in [0.3, 0.4) is 0 Å². The molecule has 9 nitrogen and oxygen atoms in total. The summed E-state index contributed by atoms with van der Waals surface area (Å²) in [7, 11) is 0. The molecule has 0 aliphatic rings. The fourth-order valence-electron chi connectivity index (χ4n) is 4.52. The first-order valence-corrected chi connectivity index (χ1v) is 16.1. The predicted molar refractivity (Wildman–Crippen MR) is 172 cm³/mol. The van der Waals surface area contributed by atoms with Gasteiger partial charge in [0.1, 0.15) is 12.1 Å². The fourth-order valence-corrected chi connectivity index (χ4v) is 6.02. The molecule has 0 fully saturated rings. The predicted octanol–water partition coefficient (Wildman–Crippen LogP) is 4.01. The van der Waals surface area contributed by atoms with Crippen molar-refractivity contribution in [2.75, 3.05) is 5.75 Å². The van der Waals surface area contributed by atoms with Gasteiger partial charge in [0.15, 0.2) is 0 Å². The van der Waals surface area contributed by atoms with Gasteiger partial charge in [-0.05, 0) is 42.0 Å². The van der Waals surface area contributed by atoms with Crippen molar-refractivity contribution in [1.29, 1.82) is 0 Å². The molecule has 236 valence electrons. The van der Waals surface area contributed by atoms with Crippen LogP contribution in [0.5, 0.6) is 0 Å². The van der Waals surface area contributed by atoms with Crippen LogP contribution in [0.15, 0.2) is 67.0 Å². The third kappa shape index (κ3) is 12.5. The number of aromatic nitrogens is 1. The van der Waals surface area contributed by atoms with E-state index in [-0.39, 0.29) is 18.9 Å². The zero-order chi connectivity index (χ0) is 31.8. The number of carbonyl (C=O) groups excluding carboxylic acids is 3. The van der Waals surface area contributed by atoms with Gasteiger partial charge < -0.3 is 26.2 Å². The molecule has 0 aliphatic heterocycles. The van der Waals surface area contributed by atoms with Crippen LogP contribution in [0.1, 0.15) is 75.7 Å². The molecule has 0 radical (unpaired) electrons. The number of pyridine rings is 1. The highest BCUT2D eigenvalue weighted by molar-refractivity contribution is 7.99. The van der Waals surface area contributed by atoms with Gasteiger partial charge in [0.2, 0.25) is 11.8 Å². The number of hydrogen-bond acceptors (Lipinski definition) is 7. The minimum Gasteiger partial charge on any atom is -0.390 e. The Bertz CT molecular complexity index is 1140. The van der Waals surface area contributed by atoms with E-state index in [0.717, 1.165) is 31.2 Å². The molecule has 2 aromatic rings. The largest absolute Gasteiger partial charge is 0.390 e. The van der Waals surface area contributed by atoms with Crippen molar-refractivity contribution >= 4 is 29.5 Å². The molecule has 1 unspecified atom stereocenters. The molecular formula is C33H48N4O5S. The van der Waals surface area contributed by atoms with E-state index in [2.05, 4.69) is 41.4 Å². The molecule has 4 atom stereocenters. The normalized spacial score (nSPS) is 14.0. The lowest BCUT2D eigenvalue weighted by Crippen LogP contribution is -2.56. The van der Waals surface area contributed by atoms with Crippen LogP contribution < -0.4 is 16.0 Å². The van der Waals surface area contributed by atoms with E-state index in [0.29, 0.717) is 22.1 Å². The maximum atomic E-state index is 13.7. The van der Waals surface area contributed by atoms with Crippen molar-refractivity contribution in [1.82, 2.24) is 20.9 Å². The second-order valence-electron chi connectivity index (χ2n) is 11.0. The Morgan fingerprint density at radius 3 is 2.23 bits per heavy atom. The lowest BCUT2D eigenvalue weighted by molar-refractivity contribution is -0.126. The summed E-state index contributed by atoms with van der Waals surface area (Å²) < 4.78 is 0. The SMILES string of the molecule is C=C(C(C)C)[C@H](NC(=O)C(CSC(CCC)CCC)NC(=O)c1cccnc1)[C@@H](O)[C@H](O)CC(=O)NCc1ccccc1. The summed E-state index contributed by atoms with van der Waals surface area (Å²) in [5.74, 6) is -1.21. The van der Waals surface area contributed by atoms with Crippen molar-refractivity contribution in [3.63, 3.8) is 0 Å². The minimum absolute atomic E-state index is 0.143. The van der Waals surface area contributed by atoms with Crippen molar-refractivity contribution < 1.29 is 24.6 Å². The Kier molecular flexibility index (Phi) is 16.0. The summed E-state index contributed by atoms with van der Waals surface area (Å²) in [6.07, 6.45) is 3.67. The molecule has 3 amide bonds. The van der Waals surface area contributed by atoms with E-state index in [1.54, 1.807) is 30.1 Å². The standard InChI is InChI=1S/C33H48N4O5S/c1-6-12-26(13-7-2)43-21-27(36-32(41)25-16-11-17-34-20-25)33(42)37-30(23(5)22(3)4)31(40)28(38)18-29(39)35-19-24-14-9-8-10-15-24/h8-11,14-17,20,22,26-28,30-31,38,40H,5-7,12-13,18-19,21H2,1-4H3,(H,35,39)(H,36,41)(H,37,42)/t27?,28-,30+,31+/m1/s1. The van der Waals surface area contributed by atoms with E-state index in [4.69, 9.17) is 0 Å². The van der Waals surface area contributed by atoms with Crippen LogP contribution in [0.2, 0.25) is 0 Å². The van der Waals surface area contributed by atoms with Gasteiger partial charge in [0, 0.05) is 29.9 Å². The summed E-state index contributed by atoms with van der Waals surface area (Å²) in [6, 6.07) is 10.7. The average molecular weight is 613 g/mol. The summed E-state index contributed by atoms with van der Waals surface area (Å²) in [4.78, 5) is 43.3. The Morgan fingerprint density at radius 1 is 0.977 bits per heavy atom. The van der Waals surface area contributed by atoms with E-state index in [9.17, 15) is 24.6 Å². The van der Waals surface area contributed by atoms with Crippen LogP contribution in [-0.4, -0.2) is 68.2 Å². The van der Waals surface area contributed by atoms with Gasteiger partial charge in [0.05, 0.1) is 24.1 Å². The number of hydrogen-bond donors (Lipinski definition) is 5. The first-order chi connectivity index (χ1) is 20.6. The number of nitrogens with one attached hydrogen (secondary N) is 3. The summed E-state index contributed by atoms with van der Waals surface area (Å²) >= 11 is 1.63. The van der Waals surface area contributed by atoms with Crippen molar-refractivity contribution in [2.24, 2.45) is 5.92 Å². The average Bonchev–Trinajstić information content (AvgIpc) is 3.00. The highest BCUT2D eigenvalue weighted by Gasteiger charge is 2.34. The molecule has 1 aromatic carbocycles. The summed E-state index contributed by atoms with van der Waals surface area (Å²) in [5, 5.41) is 30.8. The maximum Gasteiger partial charge on any atom is 0.253 e. The Labute approximate surface area is 260 Å². The number of nitrogens with zero attached hydrogens (tertiary/aromatic N) is 1. The summed E-state index contributed by atoms with van der Waals surface area (Å²) in [5.41, 5.74) is 1.72. The van der Waals surface area contributed by atoms with E-state index in [1.807, 2.05) is 44.2 Å². The molecule has 1 heterocycles. The number of benzene rings is 1. The van der Waals surface area contributed by atoms with Crippen molar-refractivity contribution in [2.45, 2.75) is 95.9 Å². The highest BCUT2D eigenvalue weighted by atomic mass is 32.2. The molecule has 0 spiro atoms. The monoisotopic (exact) mass is 612 g/mol. The number of thioether (sulfide) groups is 1. The Balaban J connectivity index is 2.18. The third-order valence-electron chi connectivity index (χ3n) is 7.17. The van der Waals surface area contributed by atoms with Gasteiger partial charge in [-0.2, -0.15) is 11.8 Å². The first kappa shape index (κ1) is 36.0. The number of amides is 3. The number of aliphatic hydroxyl groups excluding tert-OH is 2. The molecule has 43 heavy (non-hydrogen) atoms. The molecular weight excluding hydrogens is 564 g/mol. The molecule has 0 saturated carbocycles. The van der Waals surface area contributed by atoms with Gasteiger partial charge in [-0.25, -0.2) is 0 Å². The molecule has 1 aromatic heterocycles. The van der Waals surface area contributed by atoms with Crippen LogP contribution in [0.25, 0.3) is 0 Å². The molecule has 5 N–H and O–H groups in total. The van der Waals surface area contributed by atoms with Crippen LogP contribution in [0.4, 0.5) is 0 Å². The van der Waals surface area contributed by atoms with Gasteiger partial charge in [0.25, 0.3) is 5.91 Å². The molecule has 2 rings (SSSR count). The van der Waals surface area contributed by atoms with Gasteiger partial charge in [-0.1, -0.05) is 77.4 Å².